The Hall–Kier alpha value is -1.43. The predicted molar refractivity (Wildman–Crippen MR) is 103 cm³/mol. The first-order valence-corrected chi connectivity index (χ1v) is 9.06. The van der Waals surface area contributed by atoms with Gasteiger partial charge in [0.2, 0.25) is 5.91 Å². The van der Waals surface area contributed by atoms with E-state index in [0.717, 1.165) is 40.1 Å². The Morgan fingerprint density at radius 1 is 1.33 bits per heavy atom. The third-order valence-corrected chi connectivity index (χ3v) is 5.24. The summed E-state index contributed by atoms with van der Waals surface area (Å²) in [6.45, 7) is 1.48. The molecule has 2 aromatic rings. The van der Waals surface area contributed by atoms with E-state index in [0.29, 0.717) is 13.0 Å². The summed E-state index contributed by atoms with van der Waals surface area (Å²) in [5.41, 5.74) is 1.03. The maximum Gasteiger partial charge on any atom is 0.221 e. The fraction of sp³-hybridized carbons (Fsp3) is 0.389. The van der Waals surface area contributed by atoms with Crippen LogP contribution in [0.2, 0.25) is 0 Å². The molecule has 0 spiro atoms. The number of thioether (sulfide) groups is 1. The highest BCUT2D eigenvalue weighted by atomic mass is 35.5. The first kappa shape index (κ1) is 18.9. The number of hydrogen-bond acceptors (Lipinski definition) is 4. The lowest BCUT2D eigenvalue weighted by Gasteiger charge is -2.22. The van der Waals surface area contributed by atoms with Gasteiger partial charge in [-0.3, -0.25) is 4.79 Å². The average Bonchev–Trinajstić information content (AvgIpc) is 2.60. The van der Waals surface area contributed by atoms with Crippen LogP contribution in [0.3, 0.4) is 0 Å². The van der Waals surface area contributed by atoms with E-state index in [4.69, 9.17) is 4.74 Å². The Balaban J connectivity index is 0.00000208. The van der Waals surface area contributed by atoms with E-state index in [1.807, 2.05) is 36.0 Å². The fourth-order valence-electron chi connectivity index (χ4n) is 2.92. The van der Waals surface area contributed by atoms with Crippen LogP contribution >= 0.6 is 24.2 Å². The standard InChI is InChI=1S/C18H22N2O2S.ClH/c1-22-17-7-6-13-4-2-3-5-15(13)16(17)11-20-18(21)10-14-12-23-9-8-19-14;/h2-7,14,19H,8-12H2,1H3,(H,20,21);1H. The van der Waals surface area contributed by atoms with Crippen molar-refractivity contribution in [1.82, 2.24) is 10.6 Å². The quantitative estimate of drug-likeness (QED) is 0.854. The first-order chi connectivity index (χ1) is 11.3. The second-order valence-corrected chi connectivity index (χ2v) is 6.82. The zero-order valence-corrected chi connectivity index (χ0v) is 15.3. The molecule has 1 atom stereocenters. The molecule has 24 heavy (non-hydrogen) atoms. The molecule has 3 rings (SSSR count). The number of fused-ring (bicyclic) bond motifs is 1. The van der Waals surface area contributed by atoms with Gasteiger partial charge in [0, 0.05) is 42.6 Å². The Morgan fingerprint density at radius 2 is 2.17 bits per heavy atom. The van der Waals surface area contributed by atoms with E-state index in [9.17, 15) is 4.79 Å². The molecule has 0 radical (unpaired) electrons. The van der Waals surface area contributed by atoms with Gasteiger partial charge in [-0.2, -0.15) is 11.8 Å². The zero-order valence-electron chi connectivity index (χ0n) is 13.7. The number of amides is 1. The number of halogens is 1. The molecule has 1 heterocycles. The lowest BCUT2D eigenvalue weighted by molar-refractivity contribution is -0.121. The summed E-state index contributed by atoms with van der Waals surface area (Å²) in [4.78, 5) is 12.2. The molecule has 1 unspecified atom stereocenters. The Morgan fingerprint density at radius 3 is 2.92 bits per heavy atom. The lowest BCUT2D eigenvalue weighted by Crippen LogP contribution is -2.41. The second-order valence-electron chi connectivity index (χ2n) is 5.67. The molecule has 1 saturated heterocycles. The fourth-order valence-corrected chi connectivity index (χ4v) is 3.87. The summed E-state index contributed by atoms with van der Waals surface area (Å²) in [7, 11) is 1.67. The van der Waals surface area contributed by atoms with Crippen LogP contribution in [0.25, 0.3) is 10.8 Å². The average molecular weight is 367 g/mol. The van der Waals surface area contributed by atoms with Crippen LogP contribution in [0, 0.1) is 0 Å². The summed E-state index contributed by atoms with van der Waals surface area (Å²) in [6.07, 6.45) is 0.528. The summed E-state index contributed by atoms with van der Waals surface area (Å²) in [5.74, 6) is 3.03. The maximum absolute atomic E-state index is 12.2. The van der Waals surface area contributed by atoms with Gasteiger partial charge in [0.1, 0.15) is 5.75 Å². The molecule has 0 aromatic heterocycles. The number of methoxy groups -OCH3 is 1. The number of carbonyl (C=O) groups excluding carboxylic acids is 1. The number of rotatable bonds is 5. The summed E-state index contributed by atoms with van der Waals surface area (Å²) in [5, 5.41) is 8.72. The van der Waals surface area contributed by atoms with Crippen LogP contribution in [0.15, 0.2) is 36.4 Å². The van der Waals surface area contributed by atoms with E-state index in [2.05, 4.69) is 22.8 Å². The lowest BCUT2D eigenvalue weighted by atomic mass is 10.0. The highest BCUT2D eigenvalue weighted by molar-refractivity contribution is 7.99. The van der Waals surface area contributed by atoms with Crippen molar-refractivity contribution in [3.63, 3.8) is 0 Å². The van der Waals surface area contributed by atoms with Gasteiger partial charge in [-0.1, -0.05) is 30.3 Å². The van der Waals surface area contributed by atoms with Gasteiger partial charge in [-0.25, -0.2) is 0 Å². The molecule has 0 aliphatic carbocycles. The van der Waals surface area contributed by atoms with Gasteiger partial charge in [0.05, 0.1) is 7.11 Å². The van der Waals surface area contributed by atoms with Gasteiger partial charge in [-0.05, 0) is 16.8 Å². The van der Waals surface area contributed by atoms with Gasteiger partial charge >= 0.3 is 0 Å². The molecular formula is C18H23ClN2O2S. The number of carbonyl (C=O) groups is 1. The van der Waals surface area contributed by atoms with Crippen LogP contribution in [0.5, 0.6) is 5.75 Å². The second kappa shape index (κ2) is 9.16. The van der Waals surface area contributed by atoms with Crippen LogP contribution in [-0.2, 0) is 11.3 Å². The van der Waals surface area contributed by atoms with Crippen molar-refractivity contribution in [3.05, 3.63) is 42.0 Å². The van der Waals surface area contributed by atoms with E-state index < -0.39 is 0 Å². The number of nitrogens with one attached hydrogen (secondary N) is 2. The van der Waals surface area contributed by atoms with E-state index in [1.165, 1.54) is 0 Å². The van der Waals surface area contributed by atoms with Crippen LogP contribution in [-0.4, -0.2) is 37.1 Å². The maximum atomic E-state index is 12.2. The highest BCUT2D eigenvalue weighted by Crippen LogP contribution is 2.27. The zero-order chi connectivity index (χ0) is 16.1. The minimum absolute atomic E-state index is 0. The summed E-state index contributed by atoms with van der Waals surface area (Å²) < 4.78 is 5.47. The largest absolute Gasteiger partial charge is 0.496 e. The van der Waals surface area contributed by atoms with Crippen molar-refractivity contribution >= 4 is 40.8 Å². The van der Waals surface area contributed by atoms with Crippen LogP contribution in [0.4, 0.5) is 0 Å². The molecule has 6 heteroatoms. The van der Waals surface area contributed by atoms with Gasteiger partial charge in [0.15, 0.2) is 0 Å². The normalized spacial score (nSPS) is 17.1. The predicted octanol–water partition coefficient (Wildman–Crippen LogP) is 2.98. The molecule has 0 saturated carbocycles. The smallest absolute Gasteiger partial charge is 0.221 e. The van der Waals surface area contributed by atoms with E-state index in [-0.39, 0.29) is 24.4 Å². The Kier molecular flexibility index (Phi) is 7.21. The van der Waals surface area contributed by atoms with Crippen LogP contribution < -0.4 is 15.4 Å². The first-order valence-electron chi connectivity index (χ1n) is 7.90. The van der Waals surface area contributed by atoms with Crippen molar-refractivity contribution in [3.8, 4) is 5.75 Å². The molecule has 2 N–H and O–H groups in total. The van der Waals surface area contributed by atoms with E-state index >= 15 is 0 Å². The van der Waals surface area contributed by atoms with Crippen molar-refractivity contribution in [1.29, 1.82) is 0 Å². The van der Waals surface area contributed by atoms with Gasteiger partial charge in [-0.15, -0.1) is 12.4 Å². The number of ether oxygens (including phenoxy) is 1. The third-order valence-electron chi connectivity index (χ3n) is 4.11. The summed E-state index contributed by atoms with van der Waals surface area (Å²) in [6, 6.07) is 12.5. The minimum atomic E-state index is 0. The number of hydrogen-bond donors (Lipinski definition) is 2. The third kappa shape index (κ3) is 4.56. The molecule has 4 nitrogen and oxygen atoms in total. The molecule has 1 amide bonds. The monoisotopic (exact) mass is 366 g/mol. The molecule has 1 fully saturated rings. The summed E-state index contributed by atoms with van der Waals surface area (Å²) >= 11 is 1.90. The van der Waals surface area contributed by atoms with Gasteiger partial charge < -0.3 is 15.4 Å². The van der Waals surface area contributed by atoms with Crippen molar-refractivity contribution in [2.75, 3.05) is 25.2 Å². The molecule has 0 bridgehead atoms. The topological polar surface area (TPSA) is 50.4 Å². The molecule has 2 aromatic carbocycles. The van der Waals surface area contributed by atoms with Crippen molar-refractivity contribution in [2.24, 2.45) is 0 Å². The van der Waals surface area contributed by atoms with Gasteiger partial charge in [0.25, 0.3) is 0 Å². The molecule has 1 aliphatic heterocycles. The minimum Gasteiger partial charge on any atom is -0.496 e. The van der Waals surface area contributed by atoms with E-state index in [1.54, 1.807) is 7.11 Å². The number of benzene rings is 2. The van der Waals surface area contributed by atoms with Crippen molar-refractivity contribution < 1.29 is 9.53 Å². The van der Waals surface area contributed by atoms with Crippen molar-refractivity contribution in [2.45, 2.75) is 19.0 Å². The molecule has 1 aliphatic rings. The van der Waals surface area contributed by atoms with Crippen LogP contribution in [0.1, 0.15) is 12.0 Å². The Labute approximate surface area is 153 Å². The Bertz CT molecular complexity index is 690. The molecular weight excluding hydrogens is 344 g/mol. The SMILES string of the molecule is COc1ccc2ccccc2c1CNC(=O)CC1CSCCN1.Cl. The highest BCUT2D eigenvalue weighted by Gasteiger charge is 2.17. The molecule has 130 valence electrons.